The number of hydrogen-bond acceptors (Lipinski definition) is 5. The van der Waals surface area contributed by atoms with Gasteiger partial charge < -0.3 is 9.80 Å². The number of rotatable bonds is 5. The van der Waals surface area contributed by atoms with E-state index in [1.165, 1.54) is 22.4 Å². The summed E-state index contributed by atoms with van der Waals surface area (Å²) in [6, 6.07) is 19.6. The van der Waals surface area contributed by atoms with Gasteiger partial charge in [-0.2, -0.15) is 0 Å². The van der Waals surface area contributed by atoms with E-state index in [1.807, 2.05) is 23.2 Å². The van der Waals surface area contributed by atoms with Gasteiger partial charge in [0.25, 0.3) is 0 Å². The lowest BCUT2D eigenvalue weighted by Gasteiger charge is -2.45. The number of piperazine rings is 1. The standard InChI is InChI=1S/C39H45BrClN5O2/c1-27(47)43-15-11-29(12-16-43)22-37(48)46-20-19-45(26-35(46)21-28-5-3-2-4-6-28)34-13-17-44(18-14-34)39-36-10-9-33(41)24-30(36)7-8-31-23-32(40)25-42-38(31)39/h2-6,9-10,21,23-25,29,34,39H,7-8,11-20,22,26H2,1H3/b35-21+. The number of carbonyl (C=O) groups excluding carboxylic acids is 2. The fourth-order valence-corrected chi connectivity index (χ4v) is 8.88. The average molecular weight is 731 g/mol. The van der Waals surface area contributed by atoms with Crippen LogP contribution in [0.1, 0.15) is 73.0 Å². The molecule has 3 aliphatic heterocycles. The summed E-state index contributed by atoms with van der Waals surface area (Å²) in [5, 5.41) is 0.793. The molecule has 7 nitrogen and oxygen atoms in total. The highest BCUT2D eigenvalue weighted by molar-refractivity contribution is 9.10. The number of aromatic nitrogens is 1. The number of nitrogens with zero attached hydrogens (tertiary/aromatic N) is 5. The minimum absolute atomic E-state index is 0.120. The lowest BCUT2D eigenvalue weighted by Crippen LogP contribution is -2.53. The predicted molar refractivity (Wildman–Crippen MR) is 195 cm³/mol. The molecule has 1 aliphatic carbocycles. The average Bonchev–Trinajstić information content (AvgIpc) is 3.25. The highest BCUT2D eigenvalue weighted by Gasteiger charge is 2.36. The first-order valence-electron chi connectivity index (χ1n) is 17.5. The van der Waals surface area contributed by atoms with E-state index in [0.29, 0.717) is 24.9 Å². The summed E-state index contributed by atoms with van der Waals surface area (Å²) in [7, 11) is 0. The van der Waals surface area contributed by atoms with Crippen molar-refractivity contribution in [2.24, 2.45) is 5.92 Å². The second-order valence-corrected chi connectivity index (χ2v) is 15.3. The van der Waals surface area contributed by atoms with Gasteiger partial charge >= 0.3 is 0 Å². The van der Waals surface area contributed by atoms with E-state index >= 15 is 0 Å². The molecule has 2 aromatic carbocycles. The molecule has 0 radical (unpaired) electrons. The van der Waals surface area contributed by atoms with Crippen molar-refractivity contribution in [1.82, 2.24) is 24.6 Å². The third-order valence-electron chi connectivity index (χ3n) is 11.0. The number of piperidine rings is 2. The van der Waals surface area contributed by atoms with E-state index < -0.39 is 0 Å². The second-order valence-electron chi connectivity index (χ2n) is 13.9. The molecule has 4 aliphatic rings. The molecule has 2 amide bonds. The maximum atomic E-state index is 13.8. The van der Waals surface area contributed by atoms with Crippen molar-refractivity contribution in [1.29, 1.82) is 0 Å². The van der Waals surface area contributed by atoms with Gasteiger partial charge in [-0.25, -0.2) is 0 Å². The lowest BCUT2D eigenvalue weighted by molar-refractivity contribution is -0.133. The van der Waals surface area contributed by atoms with Gasteiger partial charge in [-0.3, -0.25) is 24.4 Å². The summed E-state index contributed by atoms with van der Waals surface area (Å²) in [5.74, 6) is 0.686. The number of benzene rings is 2. The topological polar surface area (TPSA) is 60.0 Å². The summed E-state index contributed by atoms with van der Waals surface area (Å²) in [5.41, 5.74) is 7.36. The Morgan fingerprint density at radius 3 is 2.40 bits per heavy atom. The highest BCUT2D eigenvalue weighted by atomic mass is 79.9. The molecular formula is C39H45BrClN5O2. The fraction of sp³-hybridized carbons (Fsp3) is 0.462. The lowest BCUT2D eigenvalue weighted by atomic mass is 9.92. The molecule has 1 atom stereocenters. The first kappa shape index (κ1) is 33.5. The van der Waals surface area contributed by atoms with Gasteiger partial charge in [-0.1, -0.05) is 48.0 Å². The maximum Gasteiger partial charge on any atom is 0.227 e. The molecule has 0 bridgehead atoms. The predicted octanol–water partition coefficient (Wildman–Crippen LogP) is 6.98. The Morgan fingerprint density at radius 1 is 0.896 bits per heavy atom. The van der Waals surface area contributed by atoms with Crippen LogP contribution in [0.2, 0.25) is 5.02 Å². The van der Waals surface area contributed by atoms with Crippen molar-refractivity contribution < 1.29 is 9.59 Å². The molecule has 3 fully saturated rings. The van der Waals surface area contributed by atoms with Crippen LogP contribution < -0.4 is 0 Å². The number of hydrogen-bond donors (Lipinski definition) is 0. The molecule has 1 aromatic heterocycles. The first-order chi connectivity index (χ1) is 23.3. The summed E-state index contributed by atoms with van der Waals surface area (Å²) in [6.45, 7) is 7.50. The zero-order chi connectivity index (χ0) is 33.2. The number of pyridine rings is 1. The van der Waals surface area contributed by atoms with Crippen LogP contribution in [0.15, 0.2) is 71.0 Å². The number of fused-ring (bicyclic) bond motifs is 2. The van der Waals surface area contributed by atoms with Crippen molar-refractivity contribution in [2.45, 2.75) is 64.0 Å². The van der Waals surface area contributed by atoms with Crippen LogP contribution in [0, 0.1) is 5.92 Å². The van der Waals surface area contributed by atoms with Crippen molar-refractivity contribution >= 4 is 45.4 Å². The minimum Gasteiger partial charge on any atom is -0.343 e. The third-order valence-corrected chi connectivity index (χ3v) is 11.6. The van der Waals surface area contributed by atoms with Crippen LogP contribution in [0.25, 0.3) is 6.08 Å². The number of aryl methyl sites for hydroxylation is 2. The number of carbonyl (C=O) groups is 2. The Morgan fingerprint density at radius 2 is 1.65 bits per heavy atom. The summed E-state index contributed by atoms with van der Waals surface area (Å²) < 4.78 is 1.03. The molecule has 3 aromatic rings. The number of amides is 2. The molecule has 48 heavy (non-hydrogen) atoms. The molecule has 3 saturated heterocycles. The van der Waals surface area contributed by atoms with E-state index in [9.17, 15) is 9.59 Å². The van der Waals surface area contributed by atoms with Gasteiger partial charge in [-0.15, -0.1) is 0 Å². The Labute approximate surface area is 298 Å². The molecule has 252 valence electrons. The van der Waals surface area contributed by atoms with Crippen molar-refractivity contribution in [3.8, 4) is 0 Å². The van der Waals surface area contributed by atoms with Gasteiger partial charge in [0.15, 0.2) is 0 Å². The van der Waals surface area contributed by atoms with E-state index in [0.717, 1.165) is 98.5 Å². The maximum absolute atomic E-state index is 13.8. The van der Waals surface area contributed by atoms with Crippen LogP contribution in [0.5, 0.6) is 0 Å². The van der Waals surface area contributed by atoms with E-state index in [-0.39, 0.29) is 17.9 Å². The van der Waals surface area contributed by atoms with Crippen molar-refractivity contribution in [3.05, 3.63) is 104 Å². The van der Waals surface area contributed by atoms with Gasteiger partial charge in [0, 0.05) is 86.6 Å². The second kappa shape index (κ2) is 14.8. The molecule has 7 rings (SSSR count). The quantitative estimate of drug-likeness (QED) is 0.284. The van der Waals surface area contributed by atoms with Crippen molar-refractivity contribution in [2.75, 3.05) is 45.8 Å². The van der Waals surface area contributed by atoms with Crippen molar-refractivity contribution in [3.63, 3.8) is 0 Å². The normalized spacial score (nSPS) is 22.3. The largest absolute Gasteiger partial charge is 0.343 e. The van der Waals surface area contributed by atoms with E-state index in [1.54, 1.807) is 6.92 Å². The molecule has 0 N–H and O–H groups in total. The van der Waals surface area contributed by atoms with Crippen LogP contribution in [-0.4, -0.2) is 88.3 Å². The van der Waals surface area contributed by atoms with E-state index in [2.05, 4.69) is 79.2 Å². The Hall–Kier alpha value is -3.04. The van der Waals surface area contributed by atoms with Crippen LogP contribution in [-0.2, 0) is 22.4 Å². The third kappa shape index (κ3) is 7.42. The zero-order valence-electron chi connectivity index (χ0n) is 27.8. The summed E-state index contributed by atoms with van der Waals surface area (Å²) in [4.78, 5) is 39.8. The van der Waals surface area contributed by atoms with Gasteiger partial charge in [0.05, 0.1) is 11.7 Å². The molecule has 0 spiro atoms. The SMILES string of the molecule is CC(=O)N1CCC(CC(=O)N2CCN(C3CCN(C4c5ccc(Cl)cc5CCc5cc(Br)cnc54)CC3)C/C2=C\c2ccccc2)CC1. The Bertz CT molecular complexity index is 1610. The first-order valence-corrected chi connectivity index (χ1v) is 18.7. The van der Waals surface area contributed by atoms with E-state index in [4.69, 9.17) is 16.6 Å². The Kier molecular flexibility index (Phi) is 10.3. The smallest absolute Gasteiger partial charge is 0.227 e. The van der Waals surface area contributed by atoms with Crippen LogP contribution in [0.4, 0.5) is 0 Å². The fourth-order valence-electron chi connectivity index (χ4n) is 8.31. The molecular weight excluding hydrogens is 686 g/mol. The molecule has 0 saturated carbocycles. The van der Waals surface area contributed by atoms with Gasteiger partial charge in [0.1, 0.15) is 0 Å². The van der Waals surface area contributed by atoms with Gasteiger partial charge in [-0.05, 0) is 107 Å². The monoisotopic (exact) mass is 729 g/mol. The van der Waals surface area contributed by atoms with Crippen LogP contribution >= 0.6 is 27.5 Å². The summed E-state index contributed by atoms with van der Waals surface area (Å²) >= 11 is 10.1. The zero-order valence-corrected chi connectivity index (χ0v) is 30.1. The molecule has 1 unspecified atom stereocenters. The number of halogens is 2. The van der Waals surface area contributed by atoms with Crippen LogP contribution in [0.3, 0.4) is 0 Å². The molecule has 4 heterocycles. The minimum atomic E-state index is 0.120. The molecule has 9 heteroatoms. The highest BCUT2D eigenvalue weighted by Crippen LogP contribution is 2.39. The summed E-state index contributed by atoms with van der Waals surface area (Å²) in [6.07, 6.45) is 10.6. The Balaban J connectivity index is 1.05. The van der Waals surface area contributed by atoms with Gasteiger partial charge in [0.2, 0.25) is 11.8 Å². The number of likely N-dealkylation sites (tertiary alicyclic amines) is 2.